The fourth-order valence-electron chi connectivity index (χ4n) is 1.33. The molecule has 1 fully saturated rings. The van der Waals surface area contributed by atoms with Crippen LogP contribution in [-0.2, 0) is 9.53 Å². The molecule has 0 aromatic carbocycles. The number of alkyl halides is 1. The van der Waals surface area contributed by atoms with E-state index in [0.717, 1.165) is 6.42 Å². The van der Waals surface area contributed by atoms with E-state index in [9.17, 15) is 9.18 Å². The largest absolute Gasteiger partial charge is 0.463 e. The minimum atomic E-state index is -0.922. The lowest BCUT2D eigenvalue weighted by molar-refractivity contribution is -0.137. The van der Waals surface area contributed by atoms with Crippen LogP contribution in [0.15, 0.2) is 11.6 Å². The molecule has 12 heavy (non-hydrogen) atoms. The van der Waals surface area contributed by atoms with Crippen LogP contribution in [0.5, 0.6) is 0 Å². The normalized spacial score (nSPS) is 26.2. The van der Waals surface area contributed by atoms with Crippen molar-refractivity contribution in [2.45, 2.75) is 32.4 Å². The molecule has 1 unspecified atom stereocenters. The fourth-order valence-corrected chi connectivity index (χ4v) is 1.33. The number of esters is 1. The molecule has 1 aliphatic rings. The number of halogens is 1. The number of rotatable bonds is 2. The van der Waals surface area contributed by atoms with E-state index in [1.165, 1.54) is 6.08 Å². The first-order valence-electron chi connectivity index (χ1n) is 4.25. The molecule has 1 saturated carbocycles. The molecule has 1 aliphatic carbocycles. The van der Waals surface area contributed by atoms with Gasteiger partial charge in [0.05, 0.1) is 6.61 Å². The van der Waals surface area contributed by atoms with Crippen molar-refractivity contribution in [3.8, 4) is 0 Å². The number of carbonyl (C=O) groups excluding carboxylic acids is 1. The predicted molar refractivity (Wildman–Crippen MR) is 43.5 cm³/mol. The van der Waals surface area contributed by atoms with Crippen LogP contribution in [0.1, 0.15) is 26.2 Å². The highest BCUT2D eigenvalue weighted by Gasteiger charge is 2.20. The maximum absolute atomic E-state index is 12.9. The standard InChI is InChI=1S/C9H13FO2/c1-2-12-9(11)6-7-4-3-5-8(7)10/h6,8H,2-5H2,1H3. The van der Waals surface area contributed by atoms with Gasteiger partial charge in [0.1, 0.15) is 6.17 Å². The molecule has 2 nitrogen and oxygen atoms in total. The number of carbonyl (C=O) groups is 1. The summed E-state index contributed by atoms with van der Waals surface area (Å²) in [6, 6.07) is 0. The van der Waals surface area contributed by atoms with E-state index in [0.29, 0.717) is 25.0 Å². The van der Waals surface area contributed by atoms with Gasteiger partial charge in [-0.25, -0.2) is 9.18 Å². The highest BCUT2D eigenvalue weighted by molar-refractivity contribution is 5.83. The van der Waals surface area contributed by atoms with Crippen LogP contribution in [0.2, 0.25) is 0 Å². The topological polar surface area (TPSA) is 26.3 Å². The Morgan fingerprint density at radius 1 is 1.83 bits per heavy atom. The maximum Gasteiger partial charge on any atom is 0.330 e. The SMILES string of the molecule is CCOC(=O)C=C1CCCC1F. The Balaban J connectivity index is 2.49. The zero-order valence-corrected chi connectivity index (χ0v) is 7.18. The lowest BCUT2D eigenvalue weighted by atomic mass is 10.2. The Morgan fingerprint density at radius 2 is 2.58 bits per heavy atom. The molecule has 0 spiro atoms. The van der Waals surface area contributed by atoms with Crippen LogP contribution in [-0.4, -0.2) is 18.7 Å². The third kappa shape index (κ3) is 2.32. The summed E-state index contributed by atoms with van der Waals surface area (Å²) in [7, 11) is 0. The molecule has 3 heteroatoms. The first-order chi connectivity index (χ1) is 5.74. The molecule has 0 radical (unpaired) electrons. The summed E-state index contributed by atoms with van der Waals surface area (Å²) in [5.41, 5.74) is 0.591. The van der Waals surface area contributed by atoms with E-state index in [-0.39, 0.29) is 0 Å². The lowest BCUT2D eigenvalue weighted by Gasteiger charge is -2.00. The van der Waals surface area contributed by atoms with Crippen LogP contribution >= 0.6 is 0 Å². The van der Waals surface area contributed by atoms with Crippen molar-refractivity contribution in [2.75, 3.05) is 6.61 Å². The van der Waals surface area contributed by atoms with E-state index in [1.54, 1.807) is 6.92 Å². The van der Waals surface area contributed by atoms with Crippen molar-refractivity contribution >= 4 is 5.97 Å². The molecule has 1 rings (SSSR count). The van der Waals surface area contributed by atoms with Gasteiger partial charge in [0, 0.05) is 6.08 Å². The average Bonchev–Trinajstić information content (AvgIpc) is 2.37. The fraction of sp³-hybridized carbons (Fsp3) is 0.667. The average molecular weight is 172 g/mol. The summed E-state index contributed by atoms with van der Waals surface area (Å²) in [6.07, 6.45) is 2.45. The summed E-state index contributed by atoms with van der Waals surface area (Å²) < 4.78 is 17.6. The minimum absolute atomic E-state index is 0.347. The molecule has 0 amide bonds. The second kappa shape index (κ2) is 4.24. The van der Waals surface area contributed by atoms with Crippen molar-refractivity contribution < 1.29 is 13.9 Å². The number of hydrogen-bond acceptors (Lipinski definition) is 2. The van der Waals surface area contributed by atoms with Crippen molar-refractivity contribution in [2.24, 2.45) is 0 Å². The van der Waals surface area contributed by atoms with E-state index in [4.69, 9.17) is 0 Å². The van der Waals surface area contributed by atoms with Crippen LogP contribution in [0.25, 0.3) is 0 Å². The molecule has 1 atom stereocenters. The van der Waals surface area contributed by atoms with Crippen LogP contribution in [0, 0.1) is 0 Å². The smallest absolute Gasteiger partial charge is 0.330 e. The Kier molecular flexibility index (Phi) is 3.26. The maximum atomic E-state index is 12.9. The molecule has 0 bridgehead atoms. The van der Waals surface area contributed by atoms with Crippen LogP contribution in [0.4, 0.5) is 4.39 Å². The second-order valence-electron chi connectivity index (χ2n) is 2.83. The molecular formula is C9H13FO2. The molecule has 0 saturated heterocycles. The minimum Gasteiger partial charge on any atom is -0.463 e. The Labute approximate surface area is 71.4 Å². The van der Waals surface area contributed by atoms with Crippen molar-refractivity contribution in [1.29, 1.82) is 0 Å². The third-order valence-electron chi connectivity index (χ3n) is 1.92. The second-order valence-corrected chi connectivity index (χ2v) is 2.83. The number of allylic oxidation sites excluding steroid dienone is 1. The van der Waals surface area contributed by atoms with E-state index in [2.05, 4.69) is 4.74 Å². The Hall–Kier alpha value is -0.860. The first-order valence-corrected chi connectivity index (χ1v) is 4.25. The summed E-state index contributed by atoms with van der Waals surface area (Å²) in [5, 5.41) is 0. The first kappa shape index (κ1) is 9.23. The highest BCUT2D eigenvalue weighted by Crippen LogP contribution is 2.27. The van der Waals surface area contributed by atoms with Gasteiger partial charge in [0.2, 0.25) is 0 Å². The van der Waals surface area contributed by atoms with Gasteiger partial charge in [0.15, 0.2) is 0 Å². The monoisotopic (exact) mass is 172 g/mol. The molecule has 0 N–H and O–H groups in total. The Bertz CT molecular complexity index is 199. The van der Waals surface area contributed by atoms with Gasteiger partial charge in [0.25, 0.3) is 0 Å². The highest BCUT2D eigenvalue weighted by atomic mass is 19.1. The van der Waals surface area contributed by atoms with Gasteiger partial charge in [-0.3, -0.25) is 0 Å². The molecule has 68 valence electrons. The van der Waals surface area contributed by atoms with Crippen molar-refractivity contribution in [3.63, 3.8) is 0 Å². The van der Waals surface area contributed by atoms with E-state index >= 15 is 0 Å². The van der Waals surface area contributed by atoms with Gasteiger partial charge in [-0.1, -0.05) is 0 Å². The summed E-state index contributed by atoms with van der Waals surface area (Å²) in [4.78, 5) is 10.9. The van der Waals surface area contributed by atoms with Gasteiger partial charge in [-0.15, -0.1) is 0 Å². The lowest BCUT2D eigenvalue weighted by Crippen LogP contribution is -2.03. The number of ether oxygens (including phenoxy) is 1. The molecule has 0 aromatic rings. The van der Waals surface area contributed by atoms with Crippen LogP contribution in [0.3, 0.4) is 0 Å². The predicted octanol–water partition coefficient (Wildman–Crippen LogP) is 2.00. The van der Waals surface area contributed by atoms with Gasteiger partial charge < -0.3 is 4.74 Å². The third-order valence-corrected chi connectivity index (χ3v) is 1.92. The zero-order chi connectivity index (χ0) is 8.97. The van der Waals surface area contributed by atoms with Crippen molar-refractivity contribution in [3.05, 3.63) is 11.6 Å². The molecule has 0 aromatic heterocycles. The van der Waals surface area contributed by atoms with E-state index < -0.39 is 12.1 Å². The quantitative estimate of drug-likeness (QED) is 0.470. The zero-order valence-electron chi connectivity index (χ0n) is 7.18. The summed E-state index contributed by atoms with van der Waals surface area (Å²) in [5.74, 6) is -0.419. The van der Waals surface area contributed by atoms with Crippen molar-refractivity contribution in [1.82, 2.24) is 0 Å². The van der Waals surface area contributed by atoms with Gasteiger partial charge in [-0.05, 0) is 31.8 Å². The molecule has 0 aliphatic heterocycles. The molecule has 0 heterocycles. The molecular weight excluding hydrogens is 159 g/mol. The van der Waals surface area contributed by atoms with E-state index in [1.807, 2.05) is 0 Å². The van der Waals surface area contributed by atoms with Gasteiger partial charge in [-0.2, -0.15) is 0 Å². The summed E-state index contributed by atoms with van der Waals surface area (Å²) >= 11 is 0. The summed E-state index contributed by atoms with van der Waals surface area (Å²) in [6.45, 7) is 2.08. The number of hydrogen-bond donors (Lipinski definition) is 0. The Morgan fingerprint density at radius 3 is 3.08 bits per heavy atom. The van der Waals surface area contributed by atoms with Gasteiger partial charge >= 0.3 is 5.97 Å². The van der Waals surface area contributed by atoms with Crippen LogP contribution < -0.4 is 0 Å².